The van der Waals surface area contributed by atoms with E-state index in [1.54, 1.807) is 0 Å². The molecule has 0 aromatic carbocycles. The predicted molar refractivity (Wildman–Crippen MR) is 66.6 cm³/mol. The number of hydrogen-bond donors (Lipinski definition) is 2. The van der Waals surface area contributed by atoms with Gasteiger partial charge in [0.25, 0.3) is 0 Å². The van der Waals surface area contributed by atoms with E-state index in [-0.39, 0.29) is 16.1 Å². The summed E-state index contributed by atoms with van der Waals surface area (Å²) in [4.78, 5) is 15.1. The van der Waals surface area contributed by atoms with Gasteiger partial charge in [0.15, 0.2) is 0 Å². The Labute approximate surface area is 105 Å². The van der Waals surface area contributed by atoms with Gasteiger partial charge in [-0.15, -0.1) is 0 Å². The Bertz CT molecular complexity index is 456. The first-order valence-electron chi connectivity index (χ1n) is 5.57. The lowest BCUT2D eigenvalue weighted by Gasteiger charge is -2.27. The van der Waals surface area contributed by atoms with Gasteiger partial charge in [0.05, 0.1) is 10.6 Å². The Hall–Kier alpha value is -1.29. The molecule has 0 aliphatic heterocycles. The minimum atomic E-state index is -1.04. The number of pyridine rings is 1. The van der Waals surface area contributed by atoms with Gasteiger partial charge in [0.2, 0.25) is 0 Å². The summed E-state index contributed by atoms with van der Waals surface area (Å²) in [5.41, 5.74) is 0.0205. The molecule has 0 unspecified atom stereocenters. The van der Waals surface area contributed by atoms with Crippen molar-refractivity contribution in [2.75, 3.05) is 5.32 Å². The third kappa shape index (κ3) is 2.69. The quantitative estimate of drug-likeness (QED) is 0.867. The second-order valence-corrected chi connectivity index (χ2v) is 5.38. The zero-order valence-electron chi connectivity index (χ0n) is 9.83. The number of carboxylic acid groups (broad SMARTS) is 1. The largest absolute Gasteiger partial charge is 0.478 e. The Morgan fingerprint density at radius 3 is 2.76 bits per heavy atom. The smallest absolute Gasteiger partial charge is 0.337 e. The predicted octanol–water partition coefficient (Wildman–Crippen LogP) is 3.03. The van der Waals surface area contributed by atoms with Gasteiger partial charge in [-0.1, -0.05) is 11.6 Å². The third-order valence-corrected chi connectivity index (χ3v) is 3.44. The minimum absolute atomic E-state index is 0.0589. The zero-order valence-corrected chi connectivity index (χ0v) is 10.6. The number of aromatic nitrogens is 1. The highest BCUT2D eigenvalue weighted by Gasteiger charge is 2.37. The molecular weight excluding hydrogens is 240 g/mol. The summed E-state index contributed by atoms with van der Waals surface area (Å²) in [5, 5.41) is 12.4. The molecule has 1 aliphatic rings. The first kappa shape index (κ1) is 12.2. The van der Waals surface area contributed by atoms with E-state index in [4.69, 9.17) is 16.7 Å². The highest BCUT2D eigenvalue weighted by molar-refractivity contribution is 6.33. The molecule has 1 aromatic rings. The second-order valence-electron chi connectivity index (χ2n) is 4.98. The average molecular weight is 255 g/mol. The Morgan fingerprint density at radius 2 is 2.24 bits per heavy atom. The van der Waals surface area contributed by atoms with Crippen LogP contribution >= 0.6 is 11.6 Å². The van der Waals surface area contributed by atoms with E-state index in [0.29, 0.717) is 11.7 Å². The van der Waals surface area contributed by atoms with Crippen molar-refractivity contribution in [1.82, 2.24) is 4.98 Å². The topological polar surface area (TPSA) is 62.2 Å². The molecule has 0 spiro atoms. The fraction of sp³-hybridized carbons (Fsp3) is 0.500. The molecule has 1 aromatic heterocycles. The molecule has 5 heteroatoms. The van der Waals surface area contributed by atoms with Crippen molar-refractivity contribution in [2.45, 2.75) is 32.2 Å². The molecule has 1 fully saturated rings. The van der Waals surface area contributed by atoms with Crippen molar-refractivity contribution >= 4 is 23.4 Å². The number of nitrogens with zero attached hydrogens (tertiary/aromatic N) is 1. The molecule has 0 saturated heterocycles. The lowest BCUT2D eigenvalue weighted by atomic mass is 9.99. The van der Waals surface area contributed by atoms with E-state index in [1.807, 2.05) is 0 Å². The van der Waals surface area contributed by atoms with Crippen molar-refractivity contribution in [3.63, 3.8) is 0 Å². The van der Waals surface area contributed by atoms with Gasteiger partial charge in [-0.3, -0.25) is 0 Å². The molecule has 0 bridgehead atoms. The number of anilines is 1. The van der Waals surface area contributed by atoms with Gasteiger partial charge in [-0.25, -0.2) is 9.78 Å². The summed E-state index contributed by atoms with van der Waals surface area (Å²) in [5.74, 6) is 0.154. The van der Waals surface area contributed by atoms with Crippen LogP contribution in [0.4, 0.5) is 5.82 Å². The van der Waals surface area contributed by atoms with Crippen LogP contribution in [0, 0.1) is 5.92 Å². The van der Waals surface area contributed by atoms with Crippen LogP contribution in [0.5, 0.6) is 0 Å². The van der Waals surface area contributed by atoms with Gasteiger partial charge >= 0.3 is 5.97 Å². The van der Waals surface area contributed by atoms with Crippen LogP contribution in [0.2, 0.25) is 5.02 Å². The maximum atomic E-state index is 10.9. The number of hydrogen-bond acceptors (Lipinski definition) is 3. The molecule has 1 saturated carbocycles. The van der Waals surface area contributed by atoms with Gasteiger partial charge in [0, 0.05) is 11.7 Å². The van der Waals surface area contributed by atoms with Crippen LogP contribution in [0.3, 0.4) is 0 Å². The monoisotopic (exact) mass is 254 g/mol. The molecule has 0 radical (unpaired) electrons. The highest BCUT2D eigenvalue weighted by Crippen LogP contribution is 2.40. The van der Waals surface area contributed by atoms with E-state index in [0.717, 1.165) is 0 Å². The Balaban J connectivity index is 2.21. The summed E-state index contributed by atoms with van der Waals surface area (Å²) in [6, 6.07) is 1.48. The number of carboxylic acids is 1. The molecule has 2 N–H and O–H groups in total. The van der Waals surface area contributed by atoms with Crippen molar-refractivity contribution in [1.29, 1.82) is 0 Å². The van der Waals surface area contributed by atoms with Crippen molar-refractivity contribution < 1.29 is 9.90 Å². The summed E-state index contributed by atoms with van der Waals surface area (Å²) < 4.78 is 0. The van der Waals surface area contributed by atoms with Crippen LogP contribution in [0.1, 0.15) is 37.0 Å². The maximum absolute atomic E-state index is 10.9. The van der Waals surface area contributed by atoms with Gasteiger partial charge < -0.3 is 10.4 Å². The van der Waals surface area contributed by atoms with Crippen LogP contribution in [-0.2, 0) is 0 Å². The van der Waals surface area contributed by atoms with E-state index in [1.165, 1.54) is 25.1 Å². The first-order chi connectivity index (χ1) is 7.90. The summed E-state index contributed by atoms with van der Waals surface area (Å²) in [6.07, 6.45) is 3.79. The number of rotatable bonds is 4. The van der Waals surface area contributed by atoms with E-state index < -0.39 is 5.97 Å². The lowest BCUT2D eigenvalue weighted by molar-refractivity contribution is 0.0697. The fourth-order valence-electron chi connectivity index (χ4n) is 1.91. The molecular formula is C12H15ClN2O2. The van der Waals surface area contributed by atoms with Crippen LogP contribution in [-0.4, -0.2) is 21.6 Å². The van der Waals surface area contributed by atoms with Crippen molar-refractivity contribution in [3.8, 4) is 0 Å². The van der Waals surface area contributed by atoms with Crippen LogP contribution in [0.25, 0.3) is 0 Å². The molecule has 0 amide bonds. The maximum Gasteiger partial charge on any atom is 0.337 e. The molecule has 0 atom stereocenters. The van der Waals surface area contributed by atoms with Crippen molar-refractivity contribution in [2.24, 2.45) is 5.92 Å². The molecule has 1 heterocycles. The number of nitrogens with one attached hydrogen (secondary N) is 1. The minimum Gasteiger partial charge on any atom is -0.478 e. The van der Waals surface area contributed by atoms with Gasteiger partial charge in [-0.05, 0) is 38.7 Å². The lowest BCUT2D eigenvalue weighted by Crippen LogP contribution is -2.33. The third-order valence-electron chi connectivity index (χ3n) is 3.13. The standard InChI is InChI=1S/C12H15ClN2O2/c1-12(2,7-3-4-7)15-10-5-8(11(16)17)9(13)6-14-10/h5-7H,3-4H2,1-2H3,(H,14,15)(H,16,17). The van der Waals surface area contributed by atoms with E-state index >= 15 is 0 Å². The highest BCUT2D eigenvalue weighted by atomic mass is 35.5. The molecule has 4 nitrogen and oxygen atoms in total. The van der Waals surface area contributed by atoms with Crippen LogP contribution < -0.4 is 5.32 Å². The molecule has 17 heavy (non-hydrogen) atoms. The second kappa shape index (κ2) is 4.18. The first-order valence-corrected chi connectivity index (χ1v) is 5.95. The fourth-order valence-corrected chi connectivity index (χ4v) is 2.09. The van der Waals surface area contributed by atoms with E-state index in [2.05, 4.69) is 24.1 Å². The summed E-state index contributed by atoms with van der Waals surface area (Å²) in [7, 11) is 0. The normalized spacial score (nSPS) is 15.7. The van der Waals surface area contributed by atoms with Gasteiger partial charge in [-0.2, -0.15) is 0 Å². The number of halogens is 1. The van der Waals surface area contributed by atoms with Crippen molar-refractivity contribution in [3.05, 3.63) is 22.8 Å². The SMILES string of the molecule is CC(C)(Nc1cc(C(=O)O)c(Cl)cn1)C1CC1. The number of aromatic carboxylic acids is 1. The Kier molecular flexibility index (Phi) is 3.00. The molecule has 92 valence electrons. The Morgan fingerprint density at radius 1 is 1.59 bits per heavy atom. The van der Waals surface area contributed by atoms with Crippen LogP contribution in [0.15, 0.2) is 12.3 Å². The zero-order chi connectivity index (χ0) is 12.6. The summed E-state index contributed by atoms with van der Waals surface area (Å²) >= 11 is 5.77. The van der Waals surface area contributed by atoms with E-state index in [9.17, 15) is 4.79 Å². The molecule has 2 rings (SSSR count). The number of carbonyl (C=O) groups is 1. The molecule has 1 aliphatic carbocycles. The van der Waals surface area contributed by atoms with Gasteiger partial charge in [0.1, 0.15) is 5.82 Å². The summed E-state index contributed by atoms with van der Waals surface area (Å²) in [6.45, 7) is 4.20. The average Bonchev–Trinajstić information content (AvgIpc) is 3.03.